The molecule has 33 heteroatoms. The average Bonchev–Trinajstić information content (AvgIpc) is 0.997. The summed E-state index contributed by atoms with van der Waals surface area (Å²) in [6.07, 6.45) is 3.67. The second-order valence-corrected chi connectivity index (χ2v) is 28.5. The molecular weight excluding hydrogens is 1480 g/mol. The number of nitrogens with zero attached hydrogens (tertiary/aromatic N) is 4. The quantitative estimate of drug-likeness (QED) is 0.0113. The predicted molar refractivity (Wildman–Crippen MR) is 432 cm³/mol. The van der Waals surface area contributed by atoms with E-state index in [1.54, 1.807) is 54.6 Å². The zero-order chi connectivity index (χ0) is 83.6. The molecule has 115 heavy (non-hydrogen) atoms. The number of nitrogens with two attached hydrogens (primary N) is 5. The van der Waals surface area contributed by atoms with Gasteiger partial charge in [-0.2, -0.15) is 0 Å². The summed E-state index contributed by atoms with van der Waals surface area (Å²) in [4.78, 5) is 165. The van der Waals surface area contributed by atoms with Gasteiger partial charge in [0.25, 0.3) is 5.91 Å². The number of carbonyl (C=O) groups is 11. The molecule has 0 spiro atoms. The molecule has 10 atom stereocenters. The van der Waals surface area contributed by atoms with Crippen LogP contribution in [0.2, 0.25) is 0 Å². The SMILES string of the molecule is CCN(CC)C1=CC2Oc3cc(N(CC)CC)ccc3[C+](c3ccccc3C(=O)N(C)[C@H](Cc3ccc(O)cc3)C(=O)N[C@@H](Cc3ccccc3)C(=O)N[C@@H](CCC(N)=O)C(=O)N[C@@H](CC(N)=O)C(=O)N[C@@H](CCCNC(=N)N)C(=O)N3CCC[C@H]3C(=O)N[C@@H](CCCNC(=N)N)C(=O)N[C@@H](Cc3ccc(O)cc3)C(N)=O)C2C=C1. The number of benzene rings is 5. The van der Waals surface area contributed by atoms with Crippen LogP contribution >= 0.6 is 0 Å². The molecule has 1 aliphatic carbocycles. The maximum absolute atomic E-state index is 15.7. The van der Waals surface area contributed by atoms with Gasteiger partial charge in [0.05, 0.1) is 29.5 Å². The number of aromatic hydroxyl groups is 2. The number of anilines is 1. The highest BCUT2D eigenvalue weighted by atomic mass is 16.5. The van der Waals surface area contributed by atoms with Gasteiger partial charge in [-0.05, 0) is 150 Å². The van der Waals surface area contributed by atoms with E-state index >= 15 is 14.4 Å². The average molecular weight is 1580 g/mol. The topological polar surface area (TPSA) is 524 Å². The number of carbonyl (C=O) groups excluding carboxylic acids is 11. The molecule has 0 saturated carbocycles. The Kier molecular flexibility index (Phi) is 32.2. The van der Waals surface area contributed by atoms with Crippen molar-refractivity contribution in [1.29, 1.82) is 10.8 Å². The van der Waals surface area contributed by atoms with Crippen molar-refractivity contribution in [3.8, 4) is 17.2 Å². The third kappa shape index (κ3) is 24.6. The van der Waals surface area contributed by atoms with Gasteiger partial charge in [0.2, 0.25) is 59.1 Å². The molecule has 2 unspecified atom stereocenters. The van der Waals surface area contributed by atoms with E-state index in [4.69, 9.17) is 44.2 Å². The van der Waals surface area contributed by atoms with E-state index in [-0.39, 0.29) is 106 Å². The van der Waals surface area contributed by atoms with E-state index in [1.165, 1.54) is 53.2 Å². The van der Waals surface area contributed by atoms with Gasteiger partial charge in [-0.15, -0.1) is 0 Å². The third-order valence-corrected chi connectivity index (χ3v) is 20.5. The molecule has 33 nitrogen and oxygen atoms in total. The van der Waals surface area contributed by atoms with Gasteiger partial charge < -0.3 is 106 Å². The van der Waals surface area contributed by atoms with E-state index in [2.05, 4.69) is 98.3 Å². The highest BCUT2D eigenvalue weighted by Crippen LogP contribution is 2.48. The van der Waals surface area contributed by atoms with Crippen molar-refractivity contribution in [3.05, 3.63) is 185 Å². The first-order chi connectivity index (χ1) is 55.0. The number of nitrogens with one attached hydrogen (secondary N) is 10. The molecule has 1 saturated heterocycles. The maximum Gasteiger partial charge on any atom is 0.288 e. The van der Waals surface area contributed by atoms with Crippen molar-refractivity contribution in [1.82, 2.24) is 57.2 Å². The number of likely N-dealkylation sites (N-methyl/N-ethyl adjacent to an activating group) is 2. The van der Waals surface area contributed by atoms with E-state index < -0.39 is 145 Å². The number of phenols is 2. The Morgan fingerprint density at radius 3 is 1.68 bits per heavy atom. The van der Waals surface area contributed by atoms with Gasteiger partial charge in [0.15, 0.2) is 17.7 Å². The van der Waals surface area contributed by atoms with Crippen molar-refractivity contribution in [2.75, 3.05) is 57.8 Å². The van der Waals surface area contributed by atoms with Gasteiger partial charge >= 0.3 is 0 Å². The first kappa shape index (κ1) is 87.7. The van der Waals surface area contributed by atoms with Crippen molar-refractivity contribution in [3.63, 3.8) is 0 Å². The van der Waals surface area contributed by atoms with Crippen molar-refractivity contribution in [2.24, 2.45) is 34.6 Å². The highest BCUT2D eigenvalue weighted by molar-refractivity contribution is 6.02. The molecule has 8 rings (SSSR count). The minimum atomic E-state index is -1.90. The molecule has 2 aliphatic heterocycles. The fourth-order valence-electron chi connectivity index (χ4n) is 14.4. The lowest BCUT2D eigenvalue weighted by Gasteiger charge is -2.37. The van der Waals surface area contributed by atoms with E-state index in [0.717, 1.165) is 49.0 Å². The van der Waals surface area contributed by atoms with Crippen LogP contribution in [0.4, 0.5) is 5.69 Å². The summed E-state index contributed by atoms with van der Waals surface area (Å²) in [5.41, 5.74) is 33.3. The zero-order valence-corrected chi connectivity index (χ0v) is 65.5. The number of phenolic OH excluding ortho intramolecular Hbond substituents is 2. The van der Waals surface area contributed by atoms with Gasteiger partial charge in [-0.1, -0.05) is 60.7 Å². The highest BCUT2D eigenvalue weighted by Gasteiger charge is 2.47. The number of amides is 11. The van der Waals surface area contributed by atoms with Gasteiger partial charge in [-0.3, -0.25) is 63.6 Å². The van der Waals surface area contributed by atoms with Crippen molar-refractivity contribution in [2.45, 2.75) is 159 Å². The van der Waals surface area contributed by atoms with Crippen molar-refractivity contribution >= 4 is 82.6 Å². The summed E-state index contributed by atoms with van der Waals surface area (Å²) in [6.45, 7) is 11.4. The van der Waals surface area contributed by atoms with Crippen LogP contribution < -0.4 is 80.8 Å². The van der Waals surface area contributed by atoms with Gasteiger partial charge in [0.1, 0.15) is 77.1 Å². The number of likely N-dealkylation sites (tertiary alicyclic amines) is 1. The Morgan fingerprint density at radius 1 is 0.565 bits per heavy atom. The van der Waals surface area contributed by atoms with Gasteiger partial charge in [0, 0.05) is 102 Å². The summed E-state index contributed by atoms with van der Waals surface area (Å²) >= 11 is 0. The standard InChI is InChI=1S/C82H107N19O14/c1-6-99(7-2)51-29-35-57-67(45-51)115-68-46-52(100(8-3)9-4)30-36-58(68)71(57)55-20-13-14-21-56(55)79(113)98(5)66(44-50-27-33-54(103)34-28-50)78(112)97-63(43-48-18-11-10-12-19-48)75(109)92-60(37-38-69(83)104)74(108)96-64(47-70(84)105)76(110)94-61(23-16-40-91-82(88)89)80(114)101-41-17-24-65(101)77(111)93-59(22-15-39-90-81(86)87)73(107)95-62(72(85)106)42-49-25-31-53(102)32-26-49/h10-14,18-21,25-36,45-46,57,59-67H,6-9,15-17,22-24,37-44,47H2,1-5H3,(H21-,83,84,85,86,87,88,89,90,91,92,93,94,95,96,97,102,103,104,105,106,107,108,109,110,111,112)/p+1/t57?,59-,60-,61-,62-,63-,64-,65-,66+,67?/m0/s1. The van der Waals surface area contributed by atoms with Crippen LogP contribution in [0.5, 0.6) is 17.2 Å². The molecule has 5 aromatic rings. The molecule has 0 radical (unpaired) electrons. The van der Waals surface area contributed by atoms with Crippen LogP contribution in [0.15, 0.2) is 145 Å². The lowest BCUT2D eigenvalue weighted by molar-refractivity contribution is -0.143. The number of fused-ring (bicyclic) bond motifs is 2. The summed E-state index contributed by atoms with van der Waals surface area (Å²) in [7, 11) is 1.47. The summed E-state index contributed by atoms with van der Waals surface area (Å²) in [5, 5.41) is 56.6. The van der Waals surface area contributed by atoms with Gasteiger partial charge in [-0.25, -0.2) is 0 Å². The molecule has 0 bridgehead atoms. The first-order valence-corrected chi connectivity index (χ1v) is 38.7. The molecule has 5 aromatic carbocycles. The van der Waals surface area contributed by atoms with E-state index in [0.29, 0.717) is 28.0 Å². The van der Waals surface area contributed by atoms with Crippen molar-refractivity contribution < 1.29 is 67.7 Å². The molecule has 1 fully saturated rings. The Balaban J connectivity index is 1.06. The maximum atomic E-state index is 15.7. The van der Waals surface area contributed by atoms with Crippen LogP contribution in [0.3, 0.4) is 0 Å². The molecule has 0 aromatic heterocycles. The summed E-state index contributed by atoms with van der Waals surface area (Å²) in [6, 6.07) is 21.6. The second kappa shape index (κ2) is 42.2. The molecule has 3 aliphatic rings. The van der Waals surface area contributed by atoms with Crippen LogP contribution in [0.1, 0.15) is 124 Å². The number of guanidine groups is 2. The molecular formula is C82H108N19O14+. The minimum absolute atomic E-state index is 0.00413. The smallest absolute Gasteiger partial charge is 0.288 e. The second-order valence-electron chi connectivity index (χ2n) is 28.5. The van der Waals surface area contributed by atoms with E-state index in [9.17, 15) is 48.6 Å². The molecule has 614 valence electrons. The summed E-state index contributed by atoms with van der Waals surface area (Å²) in [5.74, 6) is -9.87. The molecule has 2 heterocycles. The number of primary amides is 3. The molecule has 22 N–H and O–H groups in total. The fourth-order valence-corrected chi connectivity index (χ4v) is 14.4. The molecule has 11 amide bonds. The Labute approximate surface area is 668 Å². The lowest BCUT2D eigenvalue weighted by atomic mass is 9.72. The first-order valence-electron chi connectivity index (χ1n) is 38.7. The Hall–Kier alpha value is -12.8. The van der Waals surface area contributed by atoms with E-state index in [1.807, 2.05) is 30.3 Å². The Bertz CT molecular complexity index is 4350. The van der Waals surface area contributed by atoms with Crippen LogP contribution in [-0.4, -0.2) is 209 Å². The number of hydrogen-bond acceptors (Lipinski definition) is 18. The largest absolute Gasteiger partial charge is 0.508 e. The summed E-state index contributed by atoms with van der Waals surface area (Å²) < 4.78 is 6.90. The monoisotopic (exact) mass is 1580 g/mol. The van der Waals surface area contributed by atoms with Crippen LogP contribution in [-0.2, 0) is 67.2 Å². The predicted octanol–water partition coefficient (Wildman–Crippen LogP) is 1.31. The lowest BCUT2D eigenvalue weighted by Crippen LogP contribution is -2.61. The van der Waals surface area contributed by atoms with Crippen LogP contribution in [0.25, 0.3) is 0 Å². The normalized spacial score (nSPS) is 16.4. The third-order valence-electron chi connectivity index (χ3n) is 20.5. The van der Waals surface area contributed by atoms with Crippen LogP contribution in [0, 0.1) is 22.7 Å². The zero-order valence-electron chi connectivity index (χ0n) is 65.5. The number of hydrogen-bond donors (Lipinski definition) is 17. The minimum Gasteiger partial charge on any atom is -0.508 e. The number of rotatable bonds is 42. The fraction of sp³-hybridized carbons (Fsp3) is 0.415. The number of allylic oxidation sites excluding steroid dienone is 1. The number of ether oxygens (including phenoxy) is 1. The Morgan fingerprint density at radius 2 is 1.09 bits per heavy atom.